The number of aryl methyl sites for hydroxylation is 1. The molecule has 2 aromatic heterocycles. The lowest BCUT2D eigenvalue weighted by Gasteiger charge is -2.07. The molecule has 158 valence electrons. The summed E-state index contributed by atoms with van der Waals surface area (Å²) in [6.45, 7) is 4.30. The number of aromatic nitrogens is 4. The van der Waals surface area contributed by atoms with Crippen LogP contribution in [0, 0.1) is 13.8 Å². The van der Waals surface area contributed by atoms with Crippen molar-refractivity contribution in [1.29, 1.82) is 0 Å². The fourth-order valence-electron chi connectivity index (χ4n) is 2.65. The Morgan fingerprint density at radius 2 is 1.87 bits per heavy atom. The van der Waals surface area contributed by atoms with Gasteiger partial charge in [-0.05, 0) is 54.0 Å². The zero-order chi connectivity index (χ0) is 21.7. The number of halogens is 1. The average molecular weight is 477 g/mol. The van der Waals surface area contributed by atoms with Gasteiger partial charge in [0.25, 0.3) is 0 Å². The molecule has 0 unspecified atom stereocenters. The van der Waals surface area contributed by atoms with E-state index in [1.165, 1.54) is 0 Å². The Hall–Kier alpha value is -3.21. The van der Waals surface area contributed by atoms with E-state index in [0.717, 1.165) is 15.9 Å². The molecule has 30 heavy (non-hydrogen) atoms. The van der Waals surface area contributed by atoms with E-state index in [9.17, 15) is 9.59 Å². The molecule has 0 radical (unpaired) electrons. The molecule has 0 fully saturated rings. The van der Waals surface area contributed by atoms with Crippen LogP contribution in [0.5, 0.6) is 5.75 Å². The highest BCUT2D eigenvalue weighted by atomic mass is 79.9. The Morgan fingerprint density at radius 1 is 1.17 bits per heavy atom. The summed E-state index contributed by atoms with van der Waals surface area (Å²) < 4.78 is 12.6. The molecule has 11 heteroatoms. The molecule has 0 saturated heterocycles. The van der Waals surface area contributed by atoms with E-state index < -0.39 is 5.91 Å². The predicted octanol–water partition coefficient (Wildman–Crippen LogP) is 1.87. The molecule has 0 saturated carbocycles. The van der Waals surface area contributed by atoms with Crippen LogP contribution < -0.4 is 15.4 Å². The van der Waals surface area contributed by atoms with Gasteiger partial charge in [-0.3, -0.25) is 14.3 Å². The SMILES string of the molecule is COc1ccc(-c2noc(C(=O)NCCNC(=O)Cn3nc(C)c(Br)c3C)n2)cc1. The van der Waals surface area contributed by atoms with Gasteiger partial charge in [0.05, 0.1) is 23.0 Å². The van der Waals surface area contributed by atoms with Crippen molar-refractivity contribution in [3.8, 4) is 17.1 Å². The van der Waals surface area contributed by atoms with Crippen LogP contribution in [-0.2, 0) is 11.3 Å². The molecule has 2 N–H and O–H groups in total. The largest absolute Gasteiger partial charge is 0.497 e. The fourth-order valence-corrected chi connectivity index (χ4v) is 2.93. The Labute approximate surface area is 181 Å². The third-order valence-corrected chi connectivity index (χ3v) is 5.44. The number of nitrogens with zero attached hydrogens (tertiary/aromatic N) is 4. The number of amides is 2. The smallest absolute Gasteiger partial charge is 0.316 e. The highest BCUT2D eigenvalue weighted by Crippen LogP contribution is 2.20. The van der Waals surface area contributed by atoms with Crippen molar-refractivity contribution in [2.45, 2.75) is 20.4 Å². The van der Waals surface area contributed by atoms with Crippen LogP contribution >= 0.6 is 15.9 Å². The number of carbonyl (C=O) groups is 2. The zero-order valence-corrected chi connectivity index (χ0v) is 18.3. The van der Waals surface area contributed by atoms with Crippen LogP contribution in [0.1, 0.15) is 22.1 Å². The summed E-state index contributed by atoms with van der Waals surface area (Å²) in [7, 11) is 1.58. The number of nitrogens with one attached hydrogen (secondary N) is 2. The summed E-state index contributed by atoms with van der Waals surface area (Å²) in [5.41, 5.74) is 2.39. The minimum Gasteiger partial charge on any atom is -0.497 e. The van der Waals surface area contributed by atoms with Crippen LogP contribution in [0.3, 0.4) is 0 Å². The summed E-state index contributed by atoms with van der Waals surface area (Å²) in [5.74, 6) is 0.125. The van der Waals surface area contributed by atoms with E-state index in [4.69, 9.17) is 9.26 Å². The van der Waals surface area contributed by atoms with Gasteiger partial charge in [-0.1, -0.05) is 5.16 Å². The standard InChI is InChI=1S/C19H21BrN6O4/c1-11-16(20)12(2)26(24-11)10-15(27)21-8-9-22-18(28)19-23-17(25-30-19)13-4-6-14(29-3)7-5-13/h4-7H,8-10H2,1-3H3,(H,21,27)(H,22,28). The van der Waals surface area contributed by atoms with Gasteiger partial charge in [-0.15, -0.1) is 0 Å². The molecule has 2 amide bonds. The van der Waals surface area contributed by atoms with Crippen molar-refractivity contribution < 1.29 is 18.8 Å². The first-order valence-corrected chi connectivity index (χ1v) is 9.91. The van der Waals surface area contributed by atoms with Gasteiger partial charge in [0, 0.05) is 18.7 Å². The molecule has 0 atom stereocenters. The second-order valence-electron chi connectivity index (χ2n) is 6.40. The molecule has 10 nitrogen and oxygen atoms in total. The van der Waals surface area contributed by atoms with E-state index >= 15 is 0 Å². The maximum atomic E-state index is 12.2. The monoisotopic (exact) mass is 476 g/mol. The van der Waals surface area contributed by atoms with Crippen molar-refractivity contribution >= 4 is 27.7 Å². The van der Waals surface area contributed by atoms with Gasteiger partial charge in [0.2, 0.25) is 11.7 Å². The van der Waals surface area contributed by atoms with E-state index in [2.05, 4.69) is 41.8 Å². The summed E-state index contributed by atoms with van der Waals surface area (Å²) in [6.07, 6.45) is 0. The van der Waals surface area contributed by atoms with E-state index in [-0.39, 0.29) is 31.4 Å². The number of hydrogen-bond donors (Lipinski definition) is 2. The van der Waals surface area contributed by atoms with Crippen LogP contribution in [0.2, 0.25) is 0 Å². The first-order chi connectivity index (χ1) is 14.4. The Morgan fingerprint density at radius 3 is 2.50 bits per heavy atom. The summed E-state index contributed by atoms with van der Waals surface area (Å²) >= 11 is 3.43. The molecular weight excluding hydrogens is 456 g/mol. The Kier molecular flexibility index (Phi) is 6.83. The molecule has 3 rings (SSSR count). The molecule has 0 spiro atoms. The van der Waals surface area contributed by atoms with E-state index in [0.29, 0.717) is 17.1 Å². The topological polar surface area (TPSA) is 124 Å². The second kappa shape index (κ2) is 9.53. The van der Waals surface area contributed by atoms with Crippen molar-refractivity contribution in [3.05, 3.63) is 46.0 Å². The molecule has 0 aliphatic rings. The fraction of sp³-hybridized carbons (Fsp3) is 0.316. The molecule has 0 aliphatic carbocycles. The Bertz CT molecular complexity index is 1040. The number of hydrogen-bond acceptors (Lipinski definition) is 7. The molecule has 1 aromatic carbocycles. The molecule has 0 aliphatic heterocycles. The highest BCUT2D eigenvalue weighted by molar-refractivity contribution is 9.10. The first-order valence-electron chi connectivity index (χ1n) is 9.11. The average Bonchev–Trinajstić information content (AvgIpc) is 3.33. The lowest BCUT2D eigenvalue weighted by molar-refractivity contribution is -0.121. The first kappa shape index (κ1) is 21.5. The molecule has 2 heterocycles. The van der Waals surface area contributed by atoms with Crippen molar-refractivity contribution in [1.82, 2.24) is 30.6 Å². The van der Waals surface area contributed by atoms with Gasteiger partial charge >= 0.3 is 11.8 Å². The minimum absolute atomic E-state index is 0.0983. The third-order valence-electron chi connectivity index (χ3n) is 4.29. The quantitative estimate of drug-likeness (QED) is 0.475. The van der Waals surface area contributed by atoms with Crippen molar-refractivity contribution in [2.75, 3.05) is 20.2 Å². The Balaban J connectivity index is 1.45. The summed E-state index contributed by atoms with van der Waals surface area (Å²) in [4.78, 5) is 28.3. The highest BCUT2D eigenvalue weighted by Gasteiger charge is 2.16. The normalized spacial score (nSPS) is 10.7. The van der Waals surface area contributed by atoms with Crippen molar-refractivity contribution in [2.24, 2.45) is 0 Å². The molecule has 3 aromatic rings. The third kappa shape index (κ3) is 5.03. The lowest BCUT2D eigenvalue weighted by atomic mass is 10.2. The lowest BCUT2D eigenvalue weighted by Crippen LogP contribution is -2.36. The van der Waals surface area contributed by atoms with E-state index in [1.54, 1.807) is 36.1 Å². The van der Waals surface area contributed by atoms with Gasteiger partial charge in [-0.25, -0.2) is 0 Å². The van der Waals surface area contributed by atoms with Crippen molar-refractivity contribution in [3.63, 3.8) is 0 Å². The summed E-state index contributed by atoms with van der Waals surface area (Å²) in [5, 5.41) is 13.5. The predicted molar refractivity (Wildman–Crippen MR) is 111 cm³/mol. The summed E-state index contributed by atoms with van der Waals surface area (Å²) in [6, 6.07) is 7.06. The minimum atomic E-state index is -0.515. The van der Waals surface area contributed by atoms with Crippen LogP contribution in [0.15, 0.2) is 33.3 Å². The maximum absolute atomic E-state index is 12.2. The number of rotatable bonds is 8. The van der Waals surface area contributed by atoms with E-state index in [1.807, 2.05) is 13.8 Å². The number of benzene rings is 1. The van der Waals surface area contributed by atoms with Crippen LogP contribution in [-0.4, -0.2) is 51.9 Å². The van der Waals surface area contributed by atoms with Gasteiger partial charge < -0.3 is 19.9 Å². The number of ether oxygens (including phenoxy) is 1. The van der Waals surface area contributed by atoms with Crippen LogP contribution in [0.25, 0.3) is 11.4 Å². The maximum Gasteiger partial charge on any atom is 0.316 e. The number of carbonyl (C=O) groups excluding carboxylic acids is 2. The molecular formula is C19H21BrN6O4. The molecule has 0 bridgehead atoms. The number of methoxy groups -OCH3 is 1. The van der Waals surface area contributed by atoms with Gasteiger partial charge in [0.1, 0.15) is 12.3 Å². The second-order valence-corrected chi connectivity index (χ2v) is 7.19. The zero-order valence-electron chi connectivity index (χ0n) is 16.7. The van der Waals surface area contributed by atoms with Crippen LogP contribution in [0.4, 0.5) is 0 Å². The van der Waals surface area contributed by atoms with Gasteiger partial charge in [0.15, 0.2) is 0 Å². The van der Waals surface area contributed by atoms with Gasteiger partial charge in [-0.2, -0.15) is 10.1 Å².